The van der Waals surface area contributed by atoms with Gasteiger partial charge in [0.2, 0.25) is 5.89 Å². The van der Waals surface area contributed by atoms with Crippen LogP contribution in [0.4, 0.5) is 5.69 Å². The second-order valence-corrected chi connectivity index (χ2v) is 4.81. The van der Waals surface area contributed by atoms with Crippen LogP contribution in [-0.4, -0.2) is 21.7 Å². The van der Waals surface area contributed by atoms with Crippen LogP contribution < -0.4 is 4.74 Å². The minimum atomic E-state index is -0.501. The third-order valence-corrected chi connectivity index (χ3v) is 3.21. The van der Waals surface area contributed by atoms with Gasteiger partial charge in [-0.3, -0.25) is 10.1 Å². The van der Waals surface area contributed by atoms with Crippen molar-refractivity contribution in [2.75, 3.05) is 6.61 Å². The zero-order valence-electron chi connectivity index (χ0n) is 12.6. The van der Waals surface area contributed by atoms with Crippen molar-refractivity contribution in [1.29, 1.82) is 0 Å². The lowest BCUT2D eigenvalue weighted by molar-refractivity contribution is -0.384. The summed E-state index contributed by atoms with van der Waals surface area (Å²) in [6.07, 6.45) is 1.58. The molecule has 0 aliphatic heterocycles. The van der Waals surface area contributed by atoms with Gasteiger partial charge >= 0.3 is 0 Å². The molecule has 0 N–H and O–H groups in total. The van der Waals surface area contributed by atoms with Crippen molar-refractivity contribution in [3.8, 4) is 28.7 Å². The Morgan fingerprint density at radius 1 is 1.17 bits per heavy atom. The van der Waals surface area contributed by atoms with Gasteiger partial charge in [0.25, 0.3) is 11.6 Å². The van der Waals surface area contributed by atoms with E-state index in [1.807, 2.05) is 30.3 Å². The molecule has 2 aromatic carbocycles. The van der Waals surface area contributed by atoms with Crippen molar-refractivity contribution >= 4 is 5.69 Å². The molecule has 3 rings (SSSR count). The highest BCUT2D eigenvalue weighted by Gasteiger charge is 2.21. The third-order valence-electron chi connectivity index (χ3n) is 3.21. The zero-order chi connectivity index (χ0) is 16.9. The highest BCUT2D eigenvalue weighted by molar-refractivity contribution is 5.69. The fraction of sp³-hybridized carbons (Fsp3) is 0.0588. The molecule has 0 unspecified atom stereocenters. The Balaban J connectivity index is 2.02. The first kappa shape index (κ1) is 15.4. The van der Waals surface area contributed by atoms with Crippen molar-refractivity contribution < 1.29 is 14.1 Å². The van der Waals surface area contributed by atoms with Crippen molar-refractivity contribution in [2.45, 2.75) is 0 Å². The van der Waals surface area contributed by atoms with Gasteiger partial charge in [-0.2, -0.15) is 0 Å². The van der Waals surface area contributed by atoms with E-state index in [2.05, 4.69) is 16.8 Å². The lowest BCUT2D eigenvalue weighted by Gasteiger charge is -2.05. The van der Waals surface area contributed by atoms with E-state index in [1.165, 1.54) is 18.2 Å². The van der Waals surface area contributed by atoms with Gasteiger partial charge in [-0.05, 0) is 24.3 Å². The van der Waals surface area contributed by atoms with E-state index >= 15 is 0 Å². The molecule has 0 amide bonds. The molecule has 1 aromatic heterocycles. The molecule has 3 aromatic rings. The summed E-state index contributed by atoms with van der Waals surface area (Å²) in [5.41, 5.74) is 0.804. The van der Waals surface area contributed by atoms with E-state index < -0.39 is 4.92 Å². The smallest absolute Gasteiger partial charge is 0.282 e. The van der Waals surface area contributed by atoms with Crippen LogP contribution in [0.3, 0.4) is 0 Å². The maximum Gasteiger partial charge on any atom is 0.282 e. The number of ether oxygens (including phenoxy) is 1. The number of nitro benzene ring substituents is 1. The Morgan fingerprint density at radius 3 is 2.62 bits per heavy atom. The summed E-state index contributed by atoms with van der Waals surface area (Å²) < 4.78 is 11.0. The molecule has 7 heteroatoms. The third kappa shape index (κ3) is 3.14. The molecule has 0 spiro atoms. The molecular formula is C17H13N3O4. The van der Waals surface area contributed by atoms with Gasteiger partial charge in [0.05, 0.1) is 4.92 Å². The highest BCUT2D eigenvalue weighted by atomic mass is 16.6. The molecule has 24 heavy (non-hydrogen) atoms. The van der Waals surface area contributed by atoms with Crippen LogP contribution >= 0.6 is 0 Å². The van der Waals surface area contributed by atoms with Crippen LogP contribution in [0, 0.1) is 10.1 Å². The minimum absolute atomic E-state index is 0.0598. The second kappa shape index (κ2) is 6.74. The predicted molar refractivity (Wildman–Crippen MR) is 87.5 cm³/mol. The lowest BCUT2D eigenvalue weighted by atomic mass is 10.1. The van der Waals surface area contributed by atoms with Gasteiger partial charge in [-0.15, -0.1) is 10.2 Å². The minimum Gasteiger partial charge on any atom is -0.490 e. The maximum absolute atomic E-state index is 11.3. The van der Waals surface area contributed by atoms with Crippen LogP contribution in [-0.2, 0) is 0 Å². The van der Waals surface area contributed by atoms with Gasteiger partial charge in [-0.25, -0.2) is 0 Å². The molecule has 0 fully saturated rings. The summed E-state index contributed by atoms with van der Waals surface area (Å²) in [4.78, 5) is 10.8. The Kier molecular flexibility index (Phi) is 4.33. The van der Waals surface area contributed by atoms with E-state index in [9.17, 15) is 10.1 Å². The molecule has 0 bridgehead atoms. The van der Waals surface area contributed by atoms with Gasteiger partial charge in [0.1, 0.15) is 17.9 Å². The fourth-order valence-corrected chi connectivity index (χ4v) is 2.12. The Bertz CT molecular complexity index is 875. The van der Waals surface area contributed by atoms with Crippen LogP contribution in [0.15, 0.2) is 65.6 Å². The van der Waals surface area contributed by atoms with E-state index in [1.54, 1.807) is 6.08 Å². The number of rotatable bonds is 6. The summed E-state index contributed by atoms with van der Waals surface area (Å²) in [5, 5.41) is 19.1. The number of aromatic nitrogens is 2. The van der Waals surface area contributed by atoms with Crippen LogP contribution in [0.25, 0.3) is 22.9 Å². The summed E-state index contributed by atoms with van der Waals surface area (Å²) in [6, 6.07) is 13.5. The predicted octanol–water partition coefficient (Wildman–Crippen LogP) is 3.88. The van der Waals surface area contributed by atoms with Crippen LogP contribution in [0.2, 0.25) is 0 Å². The highest BCUT2D eigenvalue weighted by Crippen LogP contribution is 2.33. The first-order chi connectivity index (χ1) is 11.7. The average Bonchev–Trinajstić information content (AvgIpc) is 3.10. The van der Waals surface area contributed by atoms with Crippen molar-refractivity contribution in [1.82, 2.24) is 10.2 Å². The Morgan fingerprint density at radius 2 is 1.92 bits per heavy atom. The number of nitro groups is 1. The van der Waals surface area contributed by atoms with E-state index in [0.29, 0.717) is 5.75 Å². The van der Waals surface area contributed by atoms with Crippen molar-refractivity contribution in [3.63, 3.8) is 0 Å². The van der Waals surface area contributed by atoms with Crippen molar-refractivity contribution in [3.05, 3.63) is 71.3 Å². The van der Waals surface area contributed by atoms with E-state index in [4.69, 9.17) is 9.15 Å². The largest absolute Gasteiger partial charge is 0.490 e. The van der Waals surface area contributed by atoms with Crippen molar-refractivity contribution in [2.24, 2.45) is 0 Å². The zero-order valence-corrected chi connectivity index (χ0v) is 12.6. The second-order valence-electron chi connectivity index (χ2n) is 4.81. The number of hydrogen-bond acceptors (Lipinski definition) is 6. The molecule has 0 radical (unpaired) electrons. The molecule has 1 heterocycles. The quantitative estimate of drug-likeness (QED) is 0.388. The van der Waals surface area contributed by atoms with Gasteiger partial charge in [0.15, 0.2) is 0 Å². The fourth-order valence-electron chi connectivity index (χ4n) is 2.12. The summed E-state index contributed by atoms with van der Waals surface area (Å²) >= 11 is 0. The van der Waals surface area contributed by atoms with Gasteiger partial charge < -0.3 is 9.15 Å². The molecule has 0 aliphatic rings. The topological polar surface area (TPSA) is 91.3 Å². The Hall–Kier alpha value is -3.48. The maximum atomic E-state index is 11.3. The molecular weight excluding hydrogens is 310 g/mol. The number of benzene rings is 2. The first-order valence-corrected chi connectivity index (χ1v) is 7.10. The van der Waals surface area contributed by atoms with Gasteiger partial charge in [-0.1, -0.05) is 30.9 Å². The van der Waals surface area contributed by atoms with E-state index in [-0.39, 0.29) is 29.6 Å². The normalized spacial score (nSPS) is 10.3. The molecule has 0 aliphatic carbocycles. The molecule has 0 saturated heterocycles. The SMILES string of the molecule is C=CCOc1ccc([N+](=O)[O-])c(-c2nnc(-c3ccccc3)o2)c1. The van der Waals surface area contributed by atoms with Gasteiger partial charge in [0, 0.05) is 11.6 Å². The first-order valence-electron chi connectivity index (χ1n) is 7.10. The standard InChI is InChI=1S/C17H13N3O4/c1-2-10-23-13-8-9-15(20(21)22)14(11-13)17-19-18-16(24-17)12-6-4-3-5-7-12/h2-9,11H,1,10H2. The van der Waals surface area contributed by atoms with Crippen LogP contribution in [0.1, 0.15) is 0 Å². The summed E-state index contributed by atoms with van der Waals surface area (Å²) in [5.74, 6) is 0.803. The average molecular weight is 323 g/mol. The molecule has 7 nitrogen and oxygen atoms in total. The number of hydrogen-bond donors (Lipinski definition) is 0. The van der Waals surface area contributed by atoms with E-state index in [0.717, 1.165) is 5.56 Å². The number of nitrogens with zero attached hydrogens (tertiary/aromatic N) is 3. The summed E-state index contributed by atoms with van der Waals surface area (Å²) in [6.45, 7) is 3.85. The summed E-state index contributed by atoms with van der Waals surface area (Å²) in [7, 11) is 0. The molecule has 120 valence electrons. The molecule has 0 atom stereocenters. The monoisotopic (exact) mass is 323 g/mol. The Labute approximate surface area is 137 Å². The molecule has 0 saturated carbocycles. The lowest BCUT2D eigenvalue weighted by Crippen LogP contribution is -1.96. The van der Waals surface area contributed by atoms with Crippen LogP contribution in [0.5, 0.6) is 5.75 Å².